The molecule has 0 spiro atoms. The van der Waals surface area contributed by atoms with Crippen LogP contribution in [0.4, 0.5) is 0 Å². The molecule has 1 rings (SSSR count). The Bertz CT molecular complexity index is 348. The van der Waals surface area contributed by atoms with Gasteiger partial charge < -0.3 is 10.2 Å². The van der Waals surface area contributed by atoms with E-state index in [-0.39, 0.29) is 18.4 Å². The van der Waals surface area contributed by atoms with Gasteiger partial charge in [-0.2, -0.15) is 0 Å². The number of aliphatic imine (C=N–C) groups is 1. The van der Waals surface area contributed by atoms with E-state index in [1.54, 1.807) is 24.4 Å². The fourth-order valence-corrected chi connectivity index (χ4v) is 1.51. The van der Waals surface area contributed by atoms with Crippen molar-refractivity contribution in [3.05, 3.63) is 29.8 Å². The third kappa shape index (κ3) is 4.03. The van der Waals surface area contributed by atoms with Crippen LogP contribution in [0.5, 0.6) is 5.75 Å². The molecule has 0 unspecified atom stereocenters. The van der Waals surface area contributed by atoms with E-state index in [9.17, 15) is 5.11 Å². The summed E-state index contributed by atoms with van der Waals surface area (Å²) in [6.07, 6.45) is 2.47. The summed E-state index contributed by atoms with van der Waals surface area (Å²) in [7, 11) is 0. The second-order valence-corrected chi connectivity index (χ2v) is 4.30. The van der Waals surface area contributed by atoms with Gasteiger partial charge in [-0.3, -0.25) is 4.99 Å². The molecule has 0 heterocycles. The number of nitrogens with zero attached hydrogens (tertiary/aromatic N) is 1. The van der Waals surface area contributed by atoms with Crippen molar-refractivity contribution >= 4 is 6.21 Å². The summed E-state index contributed by atoms with van der Waals surface area (Å²) in [5, 5.41) is 18.7. The maximum absolute atomic E-state index is 9.52. The smallest absolute Gasteiger partial charge is 0.124 e. The van der Waals surface area contributed by atoms with Crippen LogP contribution in [0, 0.1) is 5.92 Å². The van der Waals surface area contributed by atoms with Crippen molar-refractivity contribution in [1.82, 2.24) is 0 Å². The second kappa shape index (κ2) is 6.28. The van der Waals surface area contributed by atoms with E-state index in [0.29, 0.717) is 11.5 Å². The van der Waals surface area contributed by atoms with Crippen molar-refractivity contribution in [2.75, 3.05) is 6.61 Å². The molecular weight excluding hydrogens is 202 g/mol. The van der Waals surface area contributed by atoms with Crippen molar-refractivity contribution in [3.8, 4) is 5.75 Å². The summed E-state index contributed by atoms with van der Waals surface area (Å²) in [5.41, 5.74) is 0.685. The normalized spacial score (nSPS) is 13.5. The number of aliphatic hydroxyl groups is 1. The van der Waals surface area contributed by atoms with E-state index in [1.807, 2.05) is 6.07 Å². The van der Waals surface area contributed by atoms with Gasteiger partial charge in [0.05, 0.1) is 12.6 Å². The van der Waals surface area contributed by atoms with Gasteiger partial charge in [0.15, 0.2) is 0 Å². The van der Waals surface area contributed by atoms with Crippen molar-refractivity contribution < 1.29 is 10.2 Å². The zero-order valence-corrected chi connectivity index (χ0v) is 9.80. The maximum atomic E-state index is 9.52. The van der Waals surface area contributed by atoms with Crippen molar-refractivity contribution in [1.29, 1.82) is 0 Å². The van der Waals surface area contributed by atoms with Gasteiger partial charge in [0.2, 0.25) is 0 Å². The van der Waals surface area contributed by atoms with Gasteiger partial charge in [-0.25, -0.2) is 0 Å². The zero-order valence-electron chi connectivity index (χ0n) is 9.80. The van der Waals surface area contributed by atoms with Gasteiger partial charge in [0.25, 0.3) is 0 Å². The number of para-hydroxylation sites is 1. The quantitative estimate of drug-likeness (QED) is 0.749. The van der Waals surface area contributed by atoms with Crippen LogP contribution in [0.1, 0.15) is 25.8 Å². The fourth-order valence-electron chi connectivity index (χ4n) is 1.51. The van der Waals surface area contributed by atoms with Gasteiger partial charge in [0.1, 0.15) is 5.75 Å². The molecular formula is C13H19NO2. The Morgan fingerprint density at radius 2 is 2.00 bits per heavy atom. The Hall–Kier alpha value is -1.35. The molecule has 0 amide bonds. The lowest BCUT2D eigenvalue weighted by molar-refractivity contribution is 0.251. The summed E-state index contributed by atoms with van der Waals surface area (Å²) in [6, 6.07) is 6.95. The number of aliphatic hydroxyl groups excluding tert-OH is 1. The summed E-state index contributed by atoms with van der Waals surface area (Å²) in [4.78, 5) is 4.28. The topological polar surface area (TPSA) is 52.8 Å². The van der Waals surface area contributed by atoms with Crippen molar-refractivity contribution in [2.45, 2.75) is 26.3 Å². The lowest BCUT2D eigenvalue weighted by atomic mass is 10.1. The van der Waals surface area contributed by atoms with E-state index in [1.165, 1.54) is 0 Å². The van der Waals surface area contributed by atoms with Crippen LogP contribution in [-0.4, -0.2) is 29.1 Å². The molecule has 2 N–H and O–H groups in total. The molecule has 1 aromatic rings. The minimum Gasteiger partial charge on any atom is -0.507 e. The molecule has 0 radical (unpaired) electrons. The minimum atomic E-state index is -0.0837. The number of hydrogen-bond acceptors (Lipinski definition) is 3. The molecule has 0 aromatic heterocycles. The molecule has 0 bridgehead atoms. The Kier molecular flexibility index (Phi) is 4.99. The first kappa shape index (κ1) is 12.7. The van der Waals surface area contributed by atoms with Crippen LogP contribution in [0.3, 0.4) is 0 Å². The van der Waals surface area contributed by atoms with E-state index in [4.69, 9.17) is 5.11 Å². The predicted octanol–water partition coefficient (Wildman–Crippen LogP) is 2.22. The van der Waals surface area contributed by atoms with Gasteiger partial charge in [0, 0.05) is 11.8 Å². The van der Waals surface area contributed by atoms with E-state index >= 15 is 0 Å². The molecule has 0 aliphatic heterocycles. The number of aromatic hydroxyl groups is 1. The van der Waals surface area contributed by atoms with E-state index in [2.05, 4.69) is 18.8 Å². The van der Waals surface area contributed by atoms with Crippen LogP contribution in [0.25, 0.3) is 0 Å². The highest BCUT2D eigenvalue weighted by Crippen LogP contribution is 2.14. The molecule has 0 aliphatic rings. The highest BCUT2D eigenvalue weighted by Gasteiger charge is 2.07. The van der Waals surface area contributed by atoms with Crippen LogP contribution >= 0.6 is 0 Å². The Morgan fingerprint density at radius 1 is 1.31 bits per heavy atom. The molecule has 0 fully saturated rings. The number of rotatable bonds is 5. The summed E-state index contributed by atoms with van der Waals surface area (Å²) in [5.74, 6) is 0.714. The lowest BCUT2D eigenvalue weighted by Crippen LogP contribution is -2.13. The summed E-state index contributed by atoms with van der Waals surface area (Å²) in [6.45, 7) is 4.23. The van der Waals surface area contributed by atoms with Gasteiger partial charge in [-0.05, 0) is 24.5 Å². The number of benzene rings is 1. The number of phenolic OH excluding ortho intramolecular Hbond substituents is 1. The van der Waals surface area contributed by atoms with E-state index in [0.717, 1.165) is 6.42 Å². The zero-order chi connectivity index (χ0) is 12.0. The van der Waals surface area contributed by atoms with Crippen molar-refractivity contribution in [2.24, 2.45) is 10.9 Å². The van der Waals surface area contributed by atoms with Gasteiger partial charge in [-0.1, -0.05) is 26.0 Å². The highest BCUT2D eigenvalue weighted by molar-refractivity contribution is 5.83. The lowest BCUT2D eigenvalue weighted by Gasteiger charge is -2.11. The molecule has 0 aliphatic carbocycles. The molecule has 16 heavy (non-hydrogen) atoms. The fraction of sp³-hybridized carbons (Fsp3) is 0.462. The van der Waals surface area contributed by atoms with Crippen LogP contribution < -0.4 is 0 Å². The average molecular weight is 221 g/mol. The monoisotopic (exact) mass is 221 g/mol. The largest absolute Gasteiger partial charge is 0.507 e. The molecule has 0 saturated carbocycles. The van der Waals surface area contributed by atoms with Gasteiger partial charge >= 0.3 is 0 Å². The highest BCUT2D eigenvalue weighted by atomic mass is 16.3. The Balaban J connectivity index is 2.67. The summed E-state index contributed by atoms with van der Waals surface area (Å²) >= 11 is 0. The maximum Gasteiger partial charge on any atom is 0.124 e. The third-order valence-electron chi connectivity index (χ3n) is 2.32. The molecule has 88 valence electrons. The predicted molar refractivity (Wildman–Crippen MR) is 66.0 cm³/mol. The standard InChI is InChI=1S/C13H19NO2/c1-10(2)7-12(9-15)14-8-11-5-3-4-6-13(11)16/h3-6,8,10,12,15-16H,7,9H2,1-2H3/t12-/m1/s1. The van der Waals surface area contributed by atoms with Gasteiger partial charge in [-0.15, -0.1) is 0 Å². The Labute approximate surface area is 96.5 Å². The van der Waals surface area contributed by atoms with E-state index < -0.39 is 0 Å². The van der Waals surface area contributed by atoms with Crippen LogP contribution in [-0.2, 0) is 0 Å². The number of phenols is 1. The van der Waals surface area contributed by atoms with Crippen LogP contribution in [0.2, 0.25) is 0 Å². The second-order valence-electron chi connectivity index (χ2n) is 4.30. The SMILES string of the molecule is CC(C)C[C@H](CO)N=Cc1ccccc1O. The molecule has 3 nitrogen and oxygen atoms in total. The average Bonchev–Trinajstić information content (AvgIpc) is 2.25. The third-order valence-corrected chi connectivity index (χ3v) is 2.32. The first-order valence-electron chi connectivity index (χ1n) is 5.55. The molecule has 1 atom stereocenters. The molecule has 0 saturated heterocycles. The molecule has 1 aromatic carbocycles. The van der Waals surface area contributed by atoms with Crippen LogP contribution in [0.15, 0.2) is 29.3 Å². The van der Waals surface area contributed by atoms with Crippen molar-refractivity contribution in [3.63, 3.8) is 0 Å². The summed E-state index contributed by atoms with van der Waals surface area (Å²) < 4.78 is 0. The first-order valence-corrected chi connectivity index (χ1v) is 5.55. The Morgan fingerprint density at radius 3 is 2.56 bits per heavy atom. The molecule has 3 heteroatoms. The number of hydrogen-bond donors (Lipinski definition) is 2. The first-order chi connectivity index (χ1) is 7.63. The minimum absolute atomic E-state index is 0.0439.